The van der Waals surface area contributed by atoms with E-state index >= 15 is 0 Å². The van der Waals surface area contributed by atoms with Gasteiger partial charge in [-0.25, -0.2) is 4.57 Å². The molecule has 5 nitrogen and oxygen atoms in total. The van der Waals surface area contributed by atoms with Gasteiger partial charge in [-0.1, -0.05) is 13.0 Å². The van der Waals surface area contributed by atoms with E-state index in [9.17, 15) is 9.36 Å². The van der Waals surface area contributed by atoms with Gasteiger partial charge in [0, 0.05) is 11.8 Å². The Balaban J connectivity index is 1.57. The Morgan fingerprint density at radius 2 is 1.62 bits per heavy atom. The highest BCUT2D eigenvalue weighted by Crippen LogP contribution is 2.60. The highest BCUT2D eigenvalue weighted by atomic mass is 31.2. The Morgan fingerprint density at radius 1 is 0.969 bits per heavy atom. The van der Waals surface area contributed by atoms with Crippen LogP contribution in [0.1, 0.15) is 56.1 Å². The average Bonchev–Trinajstić information content (AvgIpc) is 2.93. The van der Waals surface area contributed by atoms with Gasteiger partial charge in [0.2, 0.25) is 0 Å². The van der Waals surface area contributed by atoms with Crippen molar-refractivity contribution in [2.24, 2.45) is 17.3 Å². The third-order valence-electron chi connectivity index (χ3n) is 7.40. The van der Waals surface area contributed by atoms with Crippen LogP contribution < -0.4 is 4.52 Å². The molecule has 0 N–H and O–H groups in total. The lowest BCUT2D eigenvalue weighted by molar-refractivity contribution is -0.129. The molecule has 0 bridgehead atoms. The largest absolute Gasteiger partial charge is 0.510 e. The molecule has 1 aromatic rings. The number of rotatable bonds is 6. The number of hydrogen-bond donors (Lipinski definition) is 0. The van der Waals surface area contributed by atoms with Crippen LogP contribution in [0.3, 0.4) is 0 Å². The molecule has 2 saturated carbocycles. The molecule has 178 valence electrons. The lowest BCUT2D eigenvalue weighted by Crippen LogP contribution is -2.42. The van der Waals surface area contributed by atoms with Crippen molar-refractivity contribution < 1.29 is 22.3 Å². The molecule has 0 aromatic heterocycles. The summed E-state index contributed by atoms with van der Waals surface area (Å²) >= 11 is 0. The second kappa shape index (κ2) is 8.19. The van der Waals surface area contributed by atoms with E-state index in [1.165, 1.54) is 11.1 Å². The quantitative estimate of drug-likeness (QED) is 0.307. The minimum Gasteiger partial charge on any atom is -0.405 e. The summed E-state index contributed by atoms with van der Waals surface area (Å²) in [6, 6.07) is 6.14. The predicted molar refractivity (Wildman–Crippen MR) is 133 cm³/mol. The molecule has 0 aliphatic heterocycles. The molecule has 2 fully saturated rings. The van der Waals surface area contributed by atoms with Gasteiger partial charge in [0.15, 0.2) is 16.6 Å². The molecule has 4 atom stereocenters. The second-order valence-corrected chi connectivity index (χ2v) is 23.1. The Kier molecular flexibility index (Phi) is 6.25. The molecule has 0 radical (unpaired) electrons. The lowest BCUT2D eigenvalue weighted by atomic mass is 9.55. The molecule has 0 unspecified atom stereocenters. The van der Waals surface area contributed by atoms with Gasteiger partial charge in [-0.05, 0) is 112 Å². The third kappa shape index (κ3) is 4.88. The average molecular weight is 495 g/mol. The van der Waals surface area contributed by atoms with E-state index in [-0.39, 0.29) is 5.41 Å². The first-order chi connectivity index (χ1) is 14.7. The van der Waals surface area contributed by atoms with Gasteiger partial charge in [0.1, 0.15) is 11.5 Å². The van der Waals surface area contributed by atoms with Crippen molar-refractivity contribution in [1.82, 2.24) is 0 Å². The Bertz CT molecular complexity index is 931. The molecule has 8 heteroatoms. The van der Waals surface area contributed by atoms with Gasteiger partial charge in [-0.3, -0.25) is 4.79 Å². The first-order valence-electron chi connectivity index (χ1n) is 12.1. The van der Waals surface area contributed by atoms with E-state index in [0.29, 0.717) is 29.3 Å². The topological polar surface area (TPSA) is 61.8 Å². The summed E-state index contributed by atoms with van der Waals surface area (Å²) in [6.45, 7) is 14.2. The van der Waals surface area contributed by atoms with E-state index in [4.69, 9.17) is 12.9 Å². The second-order valence-electron chi connectivity index (χ2n) is 12.1. The van der Waals surface area contributed by atoms with Gasteiger partial charge in [-0.15, -0.1) is 0 Å². The summed E-state index contributed by atoms with van der Waals surface area (Å²) in [5, 5.41) is 0. The smallest absolute Gasteiger partial charge is 0.405 e. The van der Waals surface area contributed by atoms with E-state index < -0.39 is 24.5 Å². The van der Waals surface area contributed by atoms with E-state index in [1.54, 1.807) is 0 Å². The van der Waals surface area contributed by atoms with Crippen molar-refractivity contribution in [3.8, 4) is 5.75 Å². The van der Waals surface area contributed by atoms with Crippen molar-refractivity contribution in [2.45, 2.75) is 90.6 Å². The molecule has 3 aliphatic rings. The maximum Gasteiger partial charge on any atom is 0.510 e. The van der Waals surface area contributed by atoms with Crippen LogP contribution in [0.5, 0.6) is 5.75 Å². The molecule has 0 heterocycles. The van der Waals surface area contributed by atoms with Crippen LogP contribution in [0, 0.1) is 17.3 Å². The van der Waals surface area contributed by atoms with Crippen LogP contribution in [0.15, 0.2) is 18.2 Å². The fourth-order valence-electron chi connectivity index (χ4n) is 6.24. The Labute approximate surface area is 195 Å². The number of carbonyl (C=O) groups excluding carboxylic acids is 1. The summed E-state index contributed by atoms with van der Waals surface area (Å²) in [7, 11) is -7.98. The first-order valence-corrected chi connectivity index (χ1v) is 20.3. The molecule has 0 saturated heterocycles. The summed E-state index contributed by atoms with van der Waals surface area (Å²) in [4.78, 5) is 12.6. The molecule has 0 amide bonds. The molecule has 1 aromatic carbocycles. The van der Waals surface area contributed by atoms with Crippen molar-refractivity contribution in [3.05, 3.63) is 29.3 Å². The zero-order valence-electron chi connectivity index (χ0n) is 20.7. The molecule has 32 heavy (non-hydrogen) atoms. The Morgan fingerprint density at radius 3 is 2.25 bits per heavy atom. The Hall–Kier alpha value is -0.726. The standard InChI is InChI=1S/C24H39O5PSi2/c1-24-15-14-20-19-11-9-18(27-30(26,28-31(2,3)4)29-32(5,6)7)16-17(19)8-10-21(20)22(24)12-13-23(24)25/h9,11,16,20-22H,8,10,12-15H2,1-7H3/t20-,21-,22+,24+/m1/s1. The molecular weight excluding hydrogens is 455 g/mol. The molecule has 3 aliphatic carbocycles. The van der Waals surface area contributed by atoms with Crippen LogP contribution in [-0.4, -0.2) is 22.4 Å². The van der Waals surface area contributed by atoms with Crippen molar-refractivity contribution >= 4 is 30.2 Å². The zero-order valence-corrected chi connectivity index (χ0v) is 23.6. The summed E-state index contributed by atoms with van der Waals surface area (Å²) in [5.41, 5.74) is 2.57. The third-order valence-corrected chi connectivity index (χ3v) is 14.0. The van der Waals surface area contributed by atoms with Crippen LogP contribution in [0.25, 0.3) is 0 Å². The van der Waals surface area contributed by atoms with Gasteiger partial charge in [0.25, 0.3) is 0 Å². The minimum atomic E-state index is -3.69. The number of benzene rings is 1. The van der Waals surface area contributed by atoms with Gasteiger partial charge < -0.3 is 12.9 Å². The fraction of sp³-hybridized carbons (Fsp3) is 0.708. The van der Waals surface area contributed by atoms with Gasteiger partial charge in [0.05, 0.1) is 0 Å². The molecule has 4 rings (SSSR count). The van der Waals surface area contributed by atoms with Crippen LogP contribution in [-0.2, 0) is 24.2 Å². The molecular formula is C24H39O5PSi2. The number of fused-ring (bicyclic) bond motifs is 5. The maximum absolute atomic E-state index is 13.6. The number of aryl methyl sites for hydroxylation is 1. The number of ketones is 1. The number of carbonyl (C=O) groups is 1. The van der Waals surface area contributed by atoms with Crippen LogP contribution >= 0.6 is 7.82 Å². The predicted octanol–water partition coefficient (Wildman–Crippen LogP) is 7.30. The first kappa shape index (κ1) is 24.4. The SMILES string of the molecule is C[C@]12CC[C@@H]3c4ccc(OP(=O)(O[Si](C)(C)C)O[Si](C)(C)C)cc4CC[C@H]3[C@@H]1CCC2=O. The number of hydrogen-bond acceptors (Lipinski definition) is 5. The normalized spacial score (nSPS) is 30.5. The highest BCUT2D eigenvalue weighted by molar-refractivity contribution is 7.52. The van der Waals surface area contributed by atoms with E-state index in [1.807, 2.05) is 51.4 Å². The summed E-state index contributed by atoms with van der Waals surface area (Å²) in [5.74, 6) is 2.68. The van der Waals surface area contributed by atoms with Crippen LogP contribution in [0.4, 0.5) is 0 Å². The van der Waals surface area contributed by atoms with Crippen molar-refractivity contribution in [2.75, 3.05) is 0 Å². The van der Waals surface area contributed by atoms with E-state index in [0.717, 1.165) is 38.5 Å². The van der Waals surface area contributed by atoms with Crippen molar-refractivity contribution in [1.29, 1.82) is 0 Å². The van der Waals surface area contributed by atoms with Gasteiger partial charge >= 0.3 is 7.82 Å². The minimum absolute atomic E-state index is 0.100. The van der Waals surface area contributed by atoms with Gasteiger partial charge in [-0.2, -0.15) is 0 Å². The maximum atomic E-state index is 13.6. The van der Waals surface area contributed by atoms with Crippen molar-refractivity contribution in [3.63, 3.8) is 0 Å². The lowest BCUT2D eigenvalue weighted by Gasteiger charge is -2.48. The summed E-state index contributed by atoms with van der Waals surface area (Å²) in [6.07, 6.45) is 5.97. The zero-order chi connectivity index (χ0) is 23.5. The fourth-order valence-corrected chi connectivity index (χ4v) is 12.8. The highest BCUT2D eigenvalue weighted by Gasteiger charge is 2.54. The van der Waals surface area contributed by atoms with Crippen LogP contribution in [0.2, 0.25) is 39.3 Å². The van der Waals surface area contributed by atoms with E-state index in [2.05, 4.69) is 13.0 Å². The number of Topliss-reactive ketones (excluding diaryl/α,β-unsaturated/α-hetero) is 1. The number of phosphoric acid groups is 1. The summed E-state index contributed by atoms with van der Waals surface area (Å²) < 4.78 is 31.5. The molecule has 0 spiro atoms. The monoisotopic (exact) mass is 494 g/mol.